The molecule has 0 atom stereocenters. The maximum absolute atomic E-state index is 11.1. The van der Waals surface area contributed by atoms with E-state index in [0.29, 0.717) is 23.7 Å². The summed E-state index contributed by atoms with van der Waals surface area (Å²) >= 11 is 5.96. The molecule has 1 amide bonds. The van der Waals surface area contributed by atoms with Crippen LogP contribution in [0.1, 0.15) is 5.56 Å². The number of ether oxygens (including phenoxy) is 1. The Labute approximate surface area is 110 Å². The molecule has 0 saturated heterocycles. The molecule has 0 aliphatic carbocycles. The van der Waals surface area contributed by atoms with Gasteiger partial charge in [0.1, 0.15) is 5.75 Å². The van der Waals surface area contributed by atoms with Gasteiger partial charge in [-0.1, -0.05) is 17.7 Å². The van der Waals surface area contributed by atoms with Gasteiger partial charge in [-0.3, -0.25) is 4.79 Å². The number of hydrogen-bond acceptors (Lipinski definition) is 3. The van der Waals surface area contributed by atoms with Crippen molar-refractivity contribution in [3.8, 4) is 5.75 Å². The lowest BCUT2D eigenvalue weighted by atomic mass is 10.1. The van der Waals surface area contributed by atoms with Crippen LogP contribution in [0, 0.1) is 0 Å². The summed E-state index contributed by atoms with van der Waals surface area (Å²) in [4.78, 5) is 22.7. The highest BCUT2D eigenvalue weighted by atomic mass is 35.5. The van der Waals surface area contributed by atoms with Gasteiger partial charge in [0.25, 0.3) is 0 Å². The molecular formula is C12H14ClNO4. The molecule has 1 aromatic carbocycles. The molecule has 1 aromatic rings. The topological polar surface area (TPSA) is 66.8 Å². The van der Waals surface area contributed by atoms with Crippen LogP contribution in [0.3, 0.4) is 0 Å². The van der Waals surface area contributed by atoms with E-state index in [9.17, 15) is 9.59 Å². The predicted molar refractivity (Wildman–Crippen MR) is 67.0 cm³/mol. The lowest BCUT2D eigenvalue weighted by Crippen LogP contribution is -2.34. The van der Waals surface area contributed by atoms with Crippen LogP contribution in [0.2, 0.25) is 5.02 Å². The van der Waals surface area contributed by atoms with Gasteiger partial charge in [0, 0.05) is 13.6 Å². The molecule has 0 radical (unpaired) electrons. The molecule has 0 unspecified atom stereocenters. The van der Waals surface area contributed by atoms with Crippen molar-refractivity contribution in [1.82, 2.24) is 4.90 Å². The quantitative estimate of drug-likeness (QED) is 0.842. The van der Waals surface area contributed by atoms with Crippen molar-refractivity contribution in [3.63, 3.8) is 0 Å². The molecule has 0 aliphatic heterocycles. The van der Waals surface area contributed by atoms with Gasteiger partial charge < -0.3 is 14.7 Å². The van der Waals surface area contributed by atoms with Crippen LogP contribution in [-0.2, 0) is 16.0 Å². The summed E-state index contributed by atoms with van der Waals surface area (Å²) in [7, 11) is 2.97. The standard InChI is InChI=1S/C12H14ClNO4/c1-14(11(15)12(16)17)6-5-8-3-4-10(18-2)9(13)7-8/h3-4,7H,5-6H2,1-2H3,(H,16,17). The lowest BCUT2D eigenvalue weighted by Gasteiger charge is -2.14. The zero-order valence-corrected chi connectivity index (χ0v) is 10.9. The zero-order chi connectivity index (χ0) is 13.7. The van der Waals surface area contributed by atoms with E-state index >= 15 is 0 Å². The molecule has 0 spiro atoms. The first-order valence-electron chi connectivity index (χ1n) is 5.26. The lowest BCUT2D eigenvalue weighted by molar-refractivity contribution is -0.155. The van der Waals surface area contributed by atoms with Crippen LogP contribution < -0.4 is 4.74 Å². The van der Waals surface area contributed by atoms with Crippen molar-refractivity contribution in [3.05, 3.63) is 28.8 Å². The highest BCUT2D eigenvalue weighted by Gasteiger charge is 2.16. The van der Waals surface area contributed by atoms with E-state index in [4.69, 9.17) is 21.4 Å². The van der Waals surface area contributed by atoms with Gasteiger partial charge in [-0.15, -0.1) is 0 Å². The number of amides is 1. The minimum absolute atomic E-state index is 0.313. The Morgan fingerprint density at radius 2 is 2.11 bits per heavy atom. The number of carbonyl (C=O) groups is 2. The van der Waals surface area contributed by atoms with Crippen molar-refractivity contribution in [2.24, 2.45) is 0 Å². The number of nitrogens with zero attached hydrogens (tertiary/aromatic N) is 1. The third-order valence-electron chi connectivity index (χ3n) is 2.48. The number of carbonyl (C=O) groups excluding carboxylic acids is 1. The molecule has 0 aliphatic rings. The summed E-state index contributed by atoms with van der Waals surface area (Å²) < 4.78 is 5.02. The van der Waals surface area contributed by atoms with Crippen molar-refractivity contribution in [2.45, 2.75) is 6.42 Å². The van der Waals surface area contributed by atoms with Crippen LogP contribution >= 0.6 is 11.6 Å². The number of halogens is 1. The van der Waals surface area contributed by atoms with Crippen molar-refractivity contribution < 1.29 is 19.4 Å². The van der Waals surface area contributed by atoms with E-state index in [1.54, 1.807) is 12.1 Å². The molecule has 1 rings (SSSR count). The Morgan fingerprint density at radius 1 is 1.44 bits per heavy atom. The normalized spacial score (nSPS) is 9.94. The maximum atomic E-state index is 11.1. The third kappa shape index (κ3) is 3.63. The highest BCUT2D eigenvalue weighted by Crippen LogP contribution is 2.25. The van der Waals surface area contributed by atoms with Gasteiger partial charge in [-0.05, 0) is 24.1 Å². The van der Waals surface area contributed by atoms with Crippen molar-refractivity contribution >= 4 is 23.5 Å². The Hall–Kier alpha value is -1.75. The largest absolute Gasteiger partial charge is 0.495 e. The maximum Gasteiger partial charge on any atom is 0.394 e. The van der Waals surface area contributed by atoms with Gasteiger partial charge >= 0.3 is 11.9 Å². The number of carboxylic acids is 1. The van der Waals surface area contributed by atoms with Gasteiger partial charge in [0.15, 0.2) is 0 Å². The molecule has 0 fully saturated rings. The van der Waals surface area contributed by atoms with Gasteiger partial charge in [-0.25, -0.2) is 4.79 Å². The van der Waals surface area contributed by atoms with Crippen molar-refractivity contribution in [2.75, 3.05) is 20.7 Å². The van der Waals surface area contributed by atoms with E-state index in [-0.39, 0.29) is 0 Å². The molecule has 5 nitrogen and oxygen atoms in total. The molecular weight excluding hydrogens is 258 g/mol. The molecule has 98 valence electrons. The summed E-state index contributed by atoms with van der Waals surface area (Å²) in [6, 6.07) is 5.29. The van der Waals surface area contributed by atoms with Gasteiger partial charge in [-0.2, -0.15) is 0 Å². The van der Waals surface area contributed by atoms with Crippen molar-refractivity contribution in [1.29, 1.82) is 0 Å². The zero-order valence-electron chi connectivity index (χ0n) is 10.1. The number of hydrogen-bond donors (Lipinski definition) is 1. The first kappa shape index (κ1) is 14.3. The SMILES string of the molecule is COc1ccc(CCN(C)C(=O)C(=O)O)cc1Cl. The highest BCUT2D eigenvalue weighted by molar-refractivity contribution is 6.32. The van der Waals surface area contributed by atoms with Crippen LogP contribution in [0.25, 0.3) is 0 Å². The first-order valence-corrected chi connectivity index (χ1v) is 5.64. The first-order chi connectivity index (χ1) is 8.45. The fraction of sp³-hybridized carbons (Fsp3) is 0.333. The number of carboxylic acid groups (broad SMARTS) is 1. The monoisotopic (exact) mass is 271 g/mol. The third-order valence-corrected chi connectivity index (χ3v) is 2.78. The van der Waals surface area contributed by atoms with Crippen LogP contribution in [-0.4, -0.2) is 42.6 Å². The molecule has 0 saturated carbocycles. The molecule has 1 N–H and O–H groups in total. The molecule has 18 heavy (non-hydrogen) atoms. The van der Waals surface area contributed by atoms with Crippen LogP contribution in [0.4, 0.5) is 0 Å². The number of methoxy groups -OCH3 is 1. The molecule has 6 heteroatoms. The second-order valence-corrected chi connectivity index (χ2v) is 4.16. The summed E-state index contributed by atoms with van der Waals surface area (Å²) in [6.07, 6.45) is 0.527. The fourth-order valence-corrected chi connectivity index (χ4v) is 1.71. The average Bonchev–Trinajstić information content (AvgIpc) is 2.35. The summed E-state index contributed by atoms with van der Waals surface area (Å²) in [5.41, 5.74) is 0.908. The molecule has 0 aromatic heterocycles. The van der Waals surface area contributed by atoms with Crippen LogP contribution in [0.15, 0.2) is 18.2 Å². The number of rotatable bonds is 4. The van der Waals surface area contributed by atoms with E-state index < -0.39 is 11.9 Å². The van der Waals surface area contributed by atoms with E-state index in [1.807, 2.05) is 6.07 Å². The summed E-state index contributed by atoms with van der Waals surface area (Å²) in [6.45, 7) is 0.313. The van der Waals surface area contributed by atoms with Gasteiger partial charge in [0.2, 0.25) is 0 Å². The Balaban J connectivity index is 2.61. The second kappa shape index (κ2) is 6.26. The smallest absolute Gasteiger partial charge is 0.394 e. The number of benzene rings is 1. The van der Waals surface area contributed by atoms with E-state index in [0.717, 1.165) is 10.5 Å². The van der Waals surface area contributed by atoms with Crippen LogP contribution in [0.5, 0.6) is 5.75 Å². The van der Waals surface area contributed by atoms with E-state index in [2.05, 4.69) is 0 Å². The van der Waals surface area contributed by atoms with E-state index in [1.165, 1.54) is 14.2 Å². The average molecular weight is 272 g/mol. The molecule has 0 bridgehead atoms. The summed E-state index contributed by atoms with van der Waals surface area (Å²) in [5.74, 6) is -1.80. The molecule has 0 heterocycles. The fourth-order valence-electron chi connectivity index (χ4n) is 1.43. The van der Waals surface area contributed by atoms with Gasteiger partial charge in [0.05, 0.1) is 12.1 Å². The minimum atomic E-state index is -1.45. The summed E-state index contributed by atoms with van der Waals surface area (Å²) in [5, 5.41) is 9.02. The number of aliphatic carboxylic acids is 1. The Bertz CT molecular complexity index is 461. The number of likely N-dealkylation sites (N-methyl/N-ethyl adjacent to an activating group) is 1. The minimum Gasteiger partial charge on any atom is -0.495 e. The Morgan fingerprint density at radius 3 is 2.61 bits per heavy atom. The predicted octanol–water partition coefficient (Wildman–Crippen LogP) is 1.43. The Kier molecular flexibility index (Phi) is 4.97. The second-order valence-electron chi connectivity index (χ2n) is 3.75.